The van der Waals surface area contributed by atoms with Gasteiger partial charge < -0.3 is 19.5 Å². The average Bonchev–Trinajstić information content (AvgIpc) is 2.97. The summed E-state index contributed by atoms with van der Waals surface area (Å²) in [4.78, 5) is 0. The summed E-state index contributed by atoms with van der Waals surface area (Å²) in [7, 11) is 0. The summed E-state index contributed by atoms with van der Waals surface area (Å²) in [5, 5.41) is 3.95. The van der Waals surface area contributed by atoms with E-state index >= 15 is 0 Å². The van der Waals surface area contributed by atoms with Gasteiger partial charge in [0.2, 0.25) is 0 Å². The van der Waals surface area contributed by atoms with Gasteiger partial charge in [-0.05, 0) is 79.1 Å². The van der Waals surface area contributed by atoms with E-state index in [0.29, 0.717) is 35.0 Å². The lowest BCUT2D eigenvalue weighted by molar-refractivity contribution is -0.171. The van der Waals surface area contributed by atoms with Crippen molar-refractivity contribution in [3.8, 4) is 5.75 Å². The fourth-order valence-electron chi connectivity index (χ4n) is 5.21. The summed E-state index contributed by atoms with van der Waals surface area (Å²) >= 11 is 6.12. The Morgan fingerprint density at radius 1 is 0.733 bits per heavy atom. The van der Waals surface area contributed by atoms with Gasteiger partial charge >= 0.3 is 12.4 Å². The number of fused-ring (bicyclic) bond motifs is 1. The van der Waals surface area contributed by atoms with Crippen molar-refractivity contribution in [1.82, 2.24) is 0 Å². The predicted octanol–water partition coefficient (Wildman–Crippen LogP) is 10.0. The van der Waals surface area contributed by atoms with Crippen molar-refractivity contribution in [2.45, 2.75) is 63.8 Å². The standard InChI is InChI=1S/C34H30ClF6NO3/c1-32(2)31(44-20-23-13-24(33(36,37)38)16-25(14-23)34(39,40)41)30(43-19-21-7-4-3-5-8-21)28-17-27(11-12-29(28)45-32)42-18-22-9-6-10-26(35)15-22/h3-17,30-31,42H,18-20H2,1-2H3. The first kappa shape index (κ1) is 32.7. The van der Waals surface area contributed by atoms with Crippen LogP contribution in [0.2, 0.25) is 5.02 Å². The summed E-state index contributed by atoms with van der Waals surface area (Å²) in [6.07, 6.45) is -11.7. The second-order valence-corrected chi connectivity index (χ2v) is 11.7. The molecular formula is C34H30ClF6NO3. The molecule has 0 aliphatic carbocycles. The van der Waals surface area contributed by atoms with Crippen LogP contribution in [0.4, 0.5) is 32.0 Å². The minimum atomic E-state index is -4.97. The lowest BCUT2D eigenvalue weighted by Gasteiger charge is -2.44. The molecule has 0 spiro atoms. The molecule has 2 atom stereocenters. The molecule has 0 fully saturated rings. The number of alkyl halides is 6. The molecule has 1 N–H and O–H groups in total. The molecule has 4 aromatic carbocycles. The zero-order chi connectivity index (χ0) is 32.4. The van der Waals surface area contributed by atoms with Gasteiger partial charge in [-0.25, -0.2) is 0 Å². The Morgan fingerprint density at radius 3 is 2.02 bits per heavy atom. The van der Waals surface area contributed by atoms with Gasteiger partial charge in [-0.1, -0.05) is 54.1 Å². The second-order valence-electron chi connectivity index (χ2n) is 11.3. The number of nitrogens with one attached hydrogen (secondary N) is 1. The first-order valence-electron chi connectivity index (χ1n) is 14.1. The number of halogens is 7. The van der Waals surface area contributed by atoms with E-state index in [0.717, 1.165) is 16.8 Å². The predicted molar refractivity (Wildman–Crippen MR) is 159 cm³/mol. The molecule has 11 heteroatoms. The van der Waals surface area contributed by atoms with E-state index < -0.39 is 47.9 Å². The molecule has 0 saturated carbocycles. The lowest BCUT2D eigenvalue weighted by Crippen LogP contribution is -2.51. The summed E-state index contributed by atoms with van der Waals surface area (Å²) < 4.78 is 99.9. The van der Waals surface area contributed by atoms with E-state index in [-0.39, 0.29) is 18.2 Å². The largest absolute Gasteiger partial charge is 0.485 e. The Bertz CT molecular complexity index is 1590. The maximum absolute atomic E-state index is 13.5. The summed E-state index contributed by atoms with van der Waals surface area (Å²) in [5.41, 5.74) is -1.00. The third-order valence-corrected chi connectivity index (χ3v) is 7.62. The molecule has 1 aliphatic rings. The van der Waals surface area contributed by atoms with Gasteiger partial charge in [0.25, 0.3) is 0 Å². The first-order valence-corrected chi connectivity index (χ1v) is 14.4. The van der Waals surface area contributed by atoms with E-state index in [1.165, 1.54) is 0 Å². The highest BCUT2D eigenvalue weighted by Gasteiger charge is 2.46. The van der Waals surface area contributed by atoms with Crippen LogP contribution in [-0.2, 0) is 41.6 Å². The zero-order valence-corrected chi connectivity index (χ0v) is 25.1. The number of anilines is 1. The Morgan fingerprint density at radius 2 is 1.38 bits per heavy atom. The van der Waals surface area contributed by atoms with E-state index in [4.69, 9.17) is 25.8 Å². The Hall–Kier alpha value is -3.73. The maximum atomic E-state index is 13.5. The fraction of sp³-hybridized carbons (Fsp3) is 0.294. The first-order chi connectivity index (χ1) is 21.2. The molecule has 4 aromatic rings. The molecule has 238 valence electrons. The summed E-state index contributed by atoms with van der Waals surface area (Å²) in [6.45, 7) is 3.56. The fourth-order valence-corrected chi connectivity index (χ4v) is 5.42. The van der Waals surface area contributed by atoms with Crippen LogP contribution in [-0.4, -0.2) is 11.7 Å². The minimum Gasteiger partial charge on any atom is -0.485 e. The minimum absolute atomic E-state index is 0.0943. The van der Waals surface area contributed by atoms with Crippen LogP contribution in [0.3, 0.4) is 0 Å². The lowest BCUT2D eigenvalue weighted by atomic mass is 9.87. The van der Waals surface area contributed by atoms with E-state index in [2.05, 4.69) is 5.32 Å². The molecule has 4 nitrogen and oxygen atoms in total. The Labute approximate surface area is 261 Å². The van der Waals surface area contributed by atoms with Crippen LogP contribution >= 0.6 is 11.6 Å². The number of hydrogen-bond acceptors (Lipinski definition) is 4. The third kappa shape index (κ3) is 8.11. The van der Waals surface area contributed by atoms with Crippen molar-refractivity contribution in [2.75, 3.05) is 5.32 Å². The van der Waals surface area contributed by atoms with Crippen LogP contribution in [0.25, 0.3) is 0 Å². The van der Waals surface area contributed by atoms with Gasteiger partial charge in [0, 0.05) is 22.8 Å². The molecule has 1 heterocycles. The number of benzene rings is 4. The highest BCUT2D eigenvalue weighted by molar-refractivity contribution is 6.30. The van der Waals surface area contributed by atoms with Crippen molar-refractivity contribution >= 4 is 17.3 Å². The van der Waals surface area contributed by atoms with E-state index in [1.807, 2.05) is 60.7 Å². The van der Waals surface area contributed by atoms with E-state index in [1.54, 1.807) is 26.0 Å². The van der Waals surface area contributed by atoms with Crippen LogP contribution in [0.1, 0.15) is 53.3 Å². The van der Waals surface area contributed by atoms with Gasteiger partial charge in [0.05, 0.1) is 24.3 Å². The highest BCUT2D eigenvalue weighted by atomic mass is 35.5. The van der Waals surface area contributed by atoms with Crippen LogP contribution in [0, 0.1) is 0 Å². The van der Waals surface area contributed by atoms with Gasteiger partial charge in [-0.3, -0.25) is 0 Å². The van der Waals surface area contributed by atoms with Crippen molar-refractivity contribution in [3.05, 3.63) is 129 Å². The molecule has 2 unspecified atom stereocenters. The molecule has 1 aliphatic heterocycles. The maximum Gasteiger partial charge on any atom is 0.416 e. The molecular weight excluding hydrogens is 620 g/mol. The quantitative estimate of drug-likeness (QED) is 0.183. The number of rotatable bonds is 9. The Kier molecular flexibility index (Phi) is 9.39. The van der Waals surface area contributed by atoms with Crippen molar-refractivity contribution in [3.63, 3.8) is 0 Å². The average molecular weight is 650 g/mol. The molecule has 0 saturated heterocycles. The SMILES string of the molecule is CC1(C)Oc2ccc(NCc3cccc(Cl)c3)cc2C(OCc2ccccc2)C1OCc1cc(C(F)(F)F)cc(C(F)(F)F)c1. The topological polar surface area (TPSA) is 39.7 Å². The van der Waals surface area contributed by atoms with Crippen LogP contribution < -0.4 is 10.1 Å². The van der Waals surface area contributed by atoms with Crippen LogP contribution in [0.5, 0.6) is 5.75 Å². The smallest absolute Gasteiger partial charge is 0.416 e. The summed E-state index contributed by atoms with van der Waals surface area (Å²) in [6, 6.07) is 23.6. The monoisotopic (exact) mass is 649 g/mol. The zero-order valence-electron chi connectivity index (χ0n) is 24.3. The molecule has 45 heavy (non-hydrogen) atoms. The van der Waals surface area contributed by atoms with Crippen molar-refractivity contribution in [1.29, 1.82) is 0 Å². The summed E-state index contributed by atoms with van der Waals surface area (Å²) in [5.74, 6) is 0.518. The highest BCUT2D eigenvalue weighted by Crippen LogP contribution is 2.45. The molecule has 0 amide bonds. The molecule has 5 rings (SSSR count). The van der Waals surface area contributed by atoms with Crippen LogP contribution in [0.15, 0.2) is 91.0 Å². The van der Waals surface area contributed by atoms with Gasteiger partial charge in [0.15, 0.2) is 0 Å². The number of ether oxygens (including phenoxy) is 3. The van der Waals surface area contributed by atoms with Gasteiger partial charge in [-0.15, -0.1) is 0 Å². The number of hydrogen-bond donors (Lipinski definition) is 1. The van der Waals surface area contributed by atoms with Gasteiger partial charge in [-0.2, -0.15) is 26.3 Å². The second kappa shape index (κ2) is 12.9. The molecule has 0 radical (unpaired) electrons. The normalized spacial score (nSPS) is 17.8. The van der Waals surface area contributed by atoms with E-state index in [9.17, 15) is 26.3 Å². The molecule has 0 bridgehead atoms. The van der Waals surface area contributed by atoms with Crippen molar-refractivity contribution < 1.29 is 40.6 Å². The Balaban J connectivity index is 1.46. The third-order valence-electron chi connectivity index (χ3n) is 7.38. The van der Waals surface area contributed by atoms with Crippen molar-refractivity contribution in [2.24, 2.45) is 0 Å². The molecule has 0 aromatic heterocycles. The van der Waals surface area contributed by atoms with Gasteiger partial charge in [0.1, 0.15) is 23.6 Å².